The van der Waals surface area contributed by atoms with Crippen LogP contribution in [0.5, 0.6) is 6.08 Å². The minimum atomic E-state index is -4.67. The van der Waals surface area contributed by atoms with E-state index in [1.807, 2.05) is 38.1 Å². The molecule has 194 valence electrons. The van der Waals surface area contributed by atoms with E-state index in [2.05, 4.69) is 20.8 Å². The van der Waals surface area contributed by atoms with Crippen molar-refractivity contribution >= 4 is 11.7 Å². The molecule has 1 heterocycles. The molecule has 12 heteroatoms. The van der Waals surface area contributed by atoms with Gasteiger partial charge in [-0.15, -0.1) is 5.10 Å². The van der Waals surface area contributed by atoms with Gasteiger partial charge in [-0.25, -0.2) is 4.39 Å². The molecule has 1 atom stereocenters. The van der Waals surface area contributed by atoms with E-state index in [4.69, 9.17) is 14.3 Å². The van der Waals surface area contributed by atoms with E-state index in [1.165, 1.54) is 0 Å². The molecule has 0 saturated heterocycles. The Labute approximate surface area is 204 Å². The van der Waals surface area contributed by atoms with Gasteiger partial charge >= 0.3 is 18.2 Å². The highest BCUT2D eigenvalue weighted by atomic mass is 19.4. The molecule has 1 aromatic heterocycles. The van der Waals surface area contributed by atoms with E-state index >= 15 is 0 Å². The summed E-state index contributed by atoms with van der Waals surface area (Å²) < 4.78 is 63.3. The number of nitrogens with zero attached hydrogens (tertiary/aromatic N) is 2. The Kier molecular flexibility index (Phi) is 8.86. The van der Waals surface area contributed by atoms with Crippen LogP contribution in [0.2, 0.25) is 0 Å². The second kappa shape index (κ2) is 11.8. The third-order valence-electron chi connectivity index (χ3n) is 5.28. The van der Waals surface area contributed by atoms with Crippen molar-refractivity contribution in [3.05, 3.63) is 59.4 Å². The number of benzene rings is 2. The van der Waals surface area contributed by atoms with Crippen LogP contribution in [0, 0.1) is 11.7 Å². The van der Waals surface area contributed by atoms with E-state index in [1.54, 1.807) is 0 Å². The Balaban J connectivity index is 1.57. The molecule has 36 heavy (non-hydrogen) atoms. The van der Waals surface area contributed by atoms with E-state index in [0.29, 0.717) is 19.2 Å². The highest BCUT2D eigenvalue weighted by Crippen LogP contribution is 2.33. The number of carbonyl (C=O) groups is 1. The third-order valence-corrected chi connectivity index (χ3v) is 5.28. The van der Waals surface area contributed by atoms with Gasteiger partial charge in [0.25, 0.3) is 5.89 Å². The topological polar surface area (TPSA) is 110 Å². The zero-order valence-corrected chi connectivity index (χ0v) is 19.6. The third kappa shape index (κ3) is 7.67. The Morgan fingerprint density at radius 2 is 1.86 bits per heavy atom. The number of carboxylic acid groups (broad SMARTS) is 1. The molecule has 0 aliphatic rings. The Morgan fingerprint density at radius 3 is 2.47 bits per heavy atom. The van der Waals surface area contributed by atoms with E-state index < -0.39 is 23.5 Å². The molecule has 3 rings (SSSR count). The average molecular weight is 510 g/mol. The predicted octanol–water partition coefficient (Wildman–Crippen LogP) is 4.97. The maximum atomic E-state index is 14.2. The monoisotopic (exact) mass is 510 g/mol. The molecule has 0 aliphatic carbocycles. The van der Waals surface area contributed by atoms with Crippen LogP contribution in [-0.2, 0) is 17.5 Å². The molecule has 3 aromatic rings. The van der Waals surface area contributed by atoms with Crippen LogP contribution in [0.15, 0.2) is 46.9 Å². The predicted molar refractivity (Wildman–Crippen MR) is 123 cm³/mol. The molecule has 0 saturated carbocycles. The summed E-state index contributed by atoms with van der Waals surface area (Å²) in [5.41, 5.74) is 0.455. The molecule has 0 aliphatic heterocycles. The van der Waals surface area contributed by atoms with Gasteiger partial charge in [-0.1, -0.05) is 31.1 Å². The van der Waals surface area contributed by atoms with Crippen molar-refractivity contribution in [2.24, 2.45) is 5.92 Å². The number of alkyl halides is 3. The summed E-state index contributed by atoms with van der Waals surface area (Å²) in [6, 6.07) is 9.48. The van der Waals surface area contributed by atoms with E-state index in [0.717, 1.165) is 23.4 Å². The number of ether oxygens (including phenoxy) is 1. The van der Waals surface area contributed by atoms with Crippen molar-refractivity contribution in [3.8, 4) is 17.5 Å². The fraction of sp³-hybridized carbons (Fsp3) is 0.375. The Hall–Kier alpha value is -3.67. The van der Waals surface area contributed by atoms with Crippen molar-refractivity contribution in [3.63, 3.8) is 0 Å². The maximum Gasteiger partial charge on any atom is 0.416 e. The first kappa shape index (κ1) is 26.9. The zero-order chi connectivity index (χ0) is 26.3. The smallest absolute Gasteiger partial charge is 0.416 e. The standard InChI is InChI=1S/C24H26F4N4O4/c1-14(2)20(30-17-6-3-15(4-7-17)12-29-10-9-21(33)34)13-35-23-32-31-22(36-23)18-8-5-16(11-19(18)25)24(26,27)28/h3-8,11,14,20,29-30H,9-10,12-13H2,1-2H3,(H,33,34)/t20-/m1/s1. The maximum absolute atomic E-state index is 14.2. The normalized spacial score (nSPS) is 12.5. The average Bonchev–Trinajstić information content (AvgIpc) is 3.28. The van der Waals surface area contributed by atoms with Gasteiger partial charge in [-0.3, -0.25) is 4.79 Å². The lowest BCUT2D eigenvalue weighted by Crippen LogP contribution is -2.32. The summed E-state index contributed by atoms with van der Waals surface area (Å²) in [4.78, 5) is 10.6. The van der Waals surface area contributed by atoms with Crippen LogP contribution in [0.25, 0.3) is 11.5 Å². The number of aromatic nitrogens is 2. The van der Waals surface area contributed by atoms with Crippen molar-refractivity contribution in [2.45, 2.75) is 39.0 Å². The first-order valence-corrected chi connectivity index (χ1v) is 11.1. The molecule has 3 N–H and O–H groups in total. The minimum absolute atomic E-state index is 0.0521. The molecular weight excluding hydrogens is 484 g/mol. The van der Waals surface area contributed by atoms with E-state index in [9.17, 15) is 22.4 Å². The van der Waals surface area contributed by atoms with E-state index in [-0.39, 0.29) is 42.5 Å². The van der Waals surface area contributed by atoms with Crippen molar-refractivity contribution in [2.75, 3.05) is 18.5 Å². The van der Waals surface area contributed by atoms with Gasteiger partial charge < -0.3 is 24.9 Å². The fourth-order valence-corrected chi connectivity index (χ4v) is 3.16. The van der Waals surface area contributed by atoms with Crippen LogP contribution in [0.1, 0.15) is 31.4 Å². The number of anilines is 1. The van der Waals surface area contributed by atoms with Gasteiger partial charge in [0.05, 0.1) is 23.6 Å². The molecule has 0 bridgehead atoms. The molecule has 0 radical (unpaired) electrons. The first-order chi connectivity index (χ1) is 17.0. The van der Waals surface area contributed by atoms with Gasteiger partial charge in [-0.05, 0) is 41.8 Å². The largest absolute Gasteiger partial charge is 0.481 e. The molecule has 8 nitrogen and oxygen atoms in total. The number of halogens is 4. The summed E-state index contributed by atoms with van der Waals surface area (Å²) in [6.45, 7) is 5.03. The number of nitrogens with one attached hydrogen (secondary N) is 2. The molecule has 0 amide bonds. The quantitative estimate of drug-likeness (QED) is 0.231. The van der Waals surface area contributed by atoms with Crippen molar-refractivity contribution in [1.29, 1.82) is 0 Å². The van der Waals surface area contributed by atoms with Crippen LogP contribution >= 0.6 is 0 Å². The minimum Gasteiger partial charge on any atom is -0.481 e. The lowest BCUT2D eigenvalue weighted by molar-refractivity contribution is -0.138. The molecule has 0 unspecified atom stereocenters. The second-order valence-electron chi connectivity index (χ2n) is 8.39. The highest BCUT2D eigenvalue weighted by molar-refractivity contribution is 5.66. The summed E-state index contributed by atoms with van der Waals surface area (Å²) in [7, 11) is 0. The lowest BCUT2D eigenvalue weighted by Gasteiger charge is -2.23. The van der Waals surface area contributed by atoms with Gasteiger partial charge in [0.2, 0.25) is 0 Å². The number of hydrogen-bond acceptors (Lipinski definition) is 7. The number of aliphatic carboxylic acids is 1. The second-order valence-corrected chi connectivity index (χ2v) is 8.39. The SMILES string of the molecule is CC(C)[C@@H](COc1nnc(-c2ccc(C(F)(F)F)cc2F)o1)Nc1ccc(CNCCC(=O)O)cc1. The molecule has 0 spiro atoms. The summed E-state index contributed by atoms with van der Waals surface area (Å²) in [5.74, 6) is -2.15. The van der Waals surface area contributed by atoms with Crippen LogP contribution in [0.3, 0.4) is 0 Å². The lowest BCUT2D eigenvalue weighted by atomic mass is 10.0. The highest BCUT2D eigenvalue weighted by Gasteiger charge is 2.31. The fourth-order valence-electron chi connectivity index (χ4n) is 3.16. The molecular formula is C24H26F4N4O4. The van der Waals surface area contributed by atoms with Gasteiger partial charge in [-0.2, -0.15) is 13.2 Å². The van der Waals surface area contributed by atoms with Crippen molar-refractivity contribution < 1.29 is 36.6 Å². The van der Waals surface area contributed by atoms with Gasteiger partial charge in [0.15, 0.2) is 0 Å². The Bertz CT molecular complexity index is 1150. The van der Waals surface area contributed by atoms with Gasteiger partial charge in [0, 0.05) is 18.8 Å². The summed E-state index contributed by atoms with van der Waals surface area (Å²) >= 11 is 0. The van der Waals surface area contributed by atoms with Crippen LogP contribution in [0.4, 0.5) is 23.2 Å². The summed E-state index contributed by atoms with van der Waals surface area (Å²) in [5, 5.41) is 22.5. The van der Waals surface area contributed by atoms with Crippen LogP contribution < -0.4 is 15.4 Å². The molecule has 0 fully saturated rings. The summed E-state index contributed by atoms with van der Waals surface area (Å²) in [6.07, 6.45) is -4.85. The Morgan fingerprint density at radius 1 is 1.14 bits per heavy atom. The van der Waals surface area contributed by atoms with Crippen LogP contribution in [-0.4, -0.2) is 40.5 Å². The zero-order valence-electron chi connectivity index (χ0n) is 19.6. The number of carboxylic acids is 1. The molecule has 2 aromatic carbocycles. The number of hydrogen-bond donors (Lipinski definition) is 3. The van der Waals surface area contributed by atoms with Crippen molar-refractivity contribution in [1.82, 2.24) is 15.5 Å². The van der Waals surface area contributed by atoms with Gasteiger partial charge in [0.1, 0.15) is 12.4 Å². The first-order valence-electron chi connectivity index (χ1n) is 11.1. The number of rotatable bonds is 12.